The molecular formula is C105H142N8O8S4. The van der Waals surface area contributed by atoms with Gasteiger partial charge in [0, 0.05) is 60.2 Å². The smallest absolute Gasteiger partial charge is 0.407 e. The van der Waals surface area contributed by atoms with Crippen molar-refractivity contribution in [3.8, 4) is 41.8 Å². The second-order valence-corrected chi connectivity index (χ2v) is 40.1. The Kier molecular flexibility index (Phi) is 36.6. The van der Waals surface area contributed by atoms with Gasteiger partial charge in [-0.25, -0.2) is 9.59 Å². The molecule has 0 bridgehead atoms. The van der Waals surface area contributed by atoms with Crippen molar-refractivity contribution in [2.75, 3.05) is 52.4 Å². The van der Waals surface area contributed by atoms with Crippen molar-refractivity contribution in [2.45, 2.75) is 257 Å². The largest absolute Gasteiger partial charge is 0.444 e. The number of benzene rings is 4. The molecule has 8 aromatic rings. The molecule has 674 valence electrons. The van der Waals surface area contributed by atoms with E-state index >= 15 is 19.2 Å². The third-order valence-electron chi connectivity index (χ3n) is 24.1. The van der Waals surface area contributed by atoms with Crippen molar-refractivity contribution >= 4 is 104 Å². The minimum atomic E-state index is -0.551. The highest BCUT2D eigenvalue weighted by molar-refractivity contribution is 7.18. The molecule has 0 saturated carbocycles. The van der Waals surface area contributed by atoms with Crippen molar-refractivity contribution < 1.29 is 39.7 Å². The Morgan fingerprint density at radius 3 is 0.776 bits per heavy atom. The fraction of sp³-hybridized carbons (Fsp3) is 0.486. The van der Waals surface area contributed by atoms with E-state index in [4.69, 9.17) is 20.9 Å². The molecule has 4 aliphatic heterocycles. The first kappa shape index (κ1) is 98.2. The van der Waals surface area contributed by atoms with E-state index in [2.05, 4.69) is 212 Å². The number of carbonyl (C=O) groups is 6. The molecule has 4 aromatic carbocycles. The van der Waals surface area contributed by atoms with Crippen molar-refractivity contribution in [3.05, 3.63) is 210 Å². The summed E-state index contributed by atoms with van der Waals surface area (Å²) in [5.41, 5.74) is 24.8. The fourth-order valence-electron chi connectivity index (χ4n) is 17.0. The number of hydrogen-bond acceptors (Lipinski definition) is 14. The van der Waals surface area contributed by atoms with Gasteiger partial charge >= 0.3 is 12.2 Å². The van der Waals surface area contributed by atoms with E-state index in [0.717, 1.165) is 217 Å². The molecule has 0 radical (unpaired) electrons. The Morgan fingerprint density at radius 2 is 0.560 bits per heavy atom. The van der Waals surface area contributed by atoms with Gasteiger partial charge in [-0.1, -0.05) is 250 Å². The molecule has 4 unspecified atom stereocenters. The highest BCUT2D eigenvalue weighted by Gasteiger charge is 2.52. The molecule has 0 spiro atoms. The van der Waals surface area contributed by atoms with Crippen molar-refractivity contribution in [1.82, 2.24) is 30.2 Å². The van der Waals surface area contributed by atoms with Crippen LogP contribution in [0.15, 0.2) is 168 Å². The minimum Gasteiger partial charge on any atom is -0.444 e. The summed E-state index contributed by atoms with van der Waals surface area (Å²) in [4.78, 5) is 101. The molecule has 6 amide bonds. The van der Waals surface area contributed by atoms with Crippen molar-refractivity contribution in [2.24, 2.45) is 35.1 Å². The van der Waals surface area contributed by atoms with Gasteiger partial charge in [0.25, 0.3) is 23.6 Å². The molecule has 125 heavy (non-hydrogen) atoms. The second kappa shape index (κ2) is 46.6. The van der Waals surface area contributed by atoms with Gasteiger partial charge in [-0.15, -0.1) is 45.3 Å². The summed E-state index contributed by atoms with van der Waals surface area (Å²) in [5, 5.41) is 5.70. The predicted molar refractivity (Wildman–Crippen MR) is 526 cm³/mol. The Labute approximate surface area is 764 Å². The number of nitrogens with two attached hydrogens (primary N) is 2. The number of alkyl carbamates (subject to hydrolysis) is 2. The monoisotopic (exact) mass is 1770 g/mol. The van der Waals surface area contributed by atoms with Gasteiger partial charge in [-0.3, -0.25) is 19.2 Å². The Balaban J connectivity index is 0.000000287. The quantitative estimate of drug-likeness (QED) is 0.0265. The van der Waals surface area contributed by atoms with Crippen LogP contribution >= 0.6 is 45.3 Å². The standard InChI is InChI=1S/C57H76N4O6S2.C47H60N4O2S2.CH4.H2/c1-11-15-17-19-39(14-4)37-61-51(47-31-29-45(69-47)43-26-22-41(23-27-43)33-35-59-55(65)67-57(8,9)10)49-48(53(61)63)50(60(52(49)62)36-38(13-3)18-16-12-2)46-30-28-44(68-46)42-24-20-40(21-25-42)32-34-58-54(64)66-56(5,6)7;1-5-9-11-13-33(8-4)31-51-45(41-25-23-39(55-41)37-20-16-35(17-21-37)27-29-49)43-42(47(51)53)44(50(46(43)52)30-32(7-3)12-10-6-2)40-24-22-38(54-40)36-18-14-34(15-19-36)26-28-48;;/h20-31,38-39H,11-19,32-37H2,1-10H3,(H,58,64)(H,59,65);14-25,32-33H,5-13,26-31,48-49H2,1-4H3;1H4;1H/i;;;1+1. The van der Waals surface area contributed by atoms with Crippen LogP contribution in [0.1, 0.15) is 263 Å². The lowest BCUT2D eigenvalue weighted by Crippen LogP contribution is -2.34. The number of hydrogen-bond donors (Lipinski definition) is 4. The molecule has 6 N–H and O–H groups in total. The lowest BCUT2D eigenvalue weighted by atomic mass is 9.97. The number of ether oxygens (including phenoxy) is 2. The lowest BCUT2D eigenvalue weighted by Gasteiger charge is -2.29. The summed E-state index contributed by atoms with van der Waals surface area (Å²) < 4.78 is 10.8. The summed E-state index contributed by atoms with van der Waals surface area (Å²) in [7, 11) is 0. The van der Waals surface area contributed by atoms with E-state index in [1.54, 1.807) is 45.3 Å². The maximum atomic E-state index is 15.4. The Morgan fingerprint density at radius 1 is 0.336 bits per heavy atom. The Bertz CT molecular complexity index is 5050. The van der Waals surface area contributed by atoms with Gasteiger partial charge < -0.3 is 51.2 Å². The van der Waals surface area contributed by atoms with Gasteiger partial charge in [-0.2, -0.15) is 0 Å². The first-order chi connectivity index (χ1) is 59.8. The number of unbranched alkanes of at least 4 members (excludes halogenated alkanes) is 6. The van der Waals surface area contributed by atoms with Crippen LogP contribution < -0.4 is 22.1 Å². The summed E-state index contributed by atoms with van der Waals surface area (Å²) in [6, 6.07) is 50.9. The number of rotatable bonds is 44. The number of nitrogens with one attached hydrogen (secondary N) is 2. The molecule has 4 aliphatic rings. The topological polar surface area (TPSA) is 210 Å². The first-order valence-corrected chi connectivity index (χ1v) is 49.4. The molecule has 0 aliphatic carbocycles. The number of thiophene rings is 4. The number of fused-ring (bicyclic) bond motifs is 2. The highest BCUT2D eigenvalue weighted by Crippen LogP contribution is 2.54. The van der Waals surface area contributed by atoms with Crippen LogP contribution in [0, 0.1) is 23.7 Å². The van der Waals surface area contributed by atoms with Crippen LogP contribution in [0.2, 0.25) is 0 Å². The van der Waals surface area contributed by atoms with Crippen LogP contribution in [0.25, 0.3) is 64.6 Å². The zero-order valence-corrected chi connectivity index (χ0v) is 79.5. The zero-order chi connectivity index (χ0) is 88.8. The molecule has 4 atom stereocenters. The van der Waals surface area contributed by atoms with E-state index in [1.807, 2.05) is 61.1 Å². The van der Waals surface area contributed by atoms with E-state index < -0.39 is 23.4 Å². The summed E-state index contributed by atoms with van der Waals surface area (Å²) in [5.74, 6) is 1.05. The third-order valence-corrected chi connectivity index (χ3v) is 28.7. The normalized spacial score (nSPS) is 15.1. The van der Waals surface area contributed by atoms with Crippen LogP contribution in [0.3, 0.4) is 0 Å². The molecule has 4 aromatic heterocycles. The van der Waals surface area contributed by atoms with Crippen LogP contribution in [0.5, 0.6) is 0 Å². The van der Waals surface area contributed by atoms with Gasteiger partial charge in [-0.05, 0) is 223 Å². The summed E-state index contributed by atoms with van der Waals surface area (Å²) in [6.45, 7) is 33.4. The maximum absolute atomic E-state index is 15.4. The van der Waals surface area contributed by atoms with Crippen LogP contribution in [-0.4, -0.2) is 119 Å². The summed E-state index contributed by atoms with van der Waals surface area (Å²) >= 11 is 6.60. The fourth-order valence-corrected chi connectivity index (χ4v) is 21.3. The van der Waals surface area contributed by atoms with E-state index in [9.17, 15) is 9.59 Å². The third kappa shape index (κ3) is 25.3. The SMILES string of the molecule is C.CCCCCC(CC)CN1C(=O)C2=C(c3ccc(-c4ccc(CCN)cc4)s3)N(CC(CC)CCCC)C(=O)C2=C1c1ccc(-c2ccc(CCN)cc2)s1.CCCCCC(CC)CN1C(=O)C2=C(c3ccc(-c4ccc(CCNC(=O)OC(C)(C)C)cc4)s3)N(CC(CC)CCCC)C(=O)C2=C1c1ccc(-c2ccc(CCNC(=O)OC(C)(C)C)cc2)s1.[2HH]. The molecule has 8 heterocycles. The zero-order valence-electron chi connectivity index (χ0n) is 76.2. The molecule has 0 fully saturated rings. The lowest BCUT2D eigenvalue weighted by molar-refractivity contribution is -0.124. The van der Waals surface area contributed by atoms with Crippen LogP contribution in [-0.2, 0) is 54.3 Å². The van der Waals surface area contributed by atoms with E-state index in [0.29, 0.717) is 111 Å². The van der Waals surface area contributed by atoms with E-state index in [1.165, 1.54) is 17.5 Å². The minimum absolute atomic E-state index is 0. The second-order valence-electron chi connectivity index (χ2n) is 35.8. The van der Waals surface area contributed by atoms with Gasteiger partial charge in [0.05, 0.1) is 64.6 Å². The van der Waals surface area contributed by atoms with Gasteiger partial charge in [0.15, 0.2) is 0 Å². The number of amides is 6. The molecular weight excluding hydrogens is 1630 g/mol. The highest BCUT2D eigenvalue weighted by atomic mass is 32.1. The average molecular weight is 1770 g/mol. The molecule has 12 rings (SSSR count). The van der Waals surface area contributed by atoms with Gasteiger partial charge in [0.2, 0.25) is 0 Å². The molecule has 20 heteroatoms. The van der Waals surface area contributed by atoms with Gasteiger partial charge in [0.1, 0.15) is 11.2 Å². The number of carbonyl (C=O) groups excluding carboxylic acids is 6. The average Bonchev–Trinajstić information content (AvgIpc) is 1.56. The first-order valence-electron chi connectivity index (χ1n) is 46.1. The van der Waals surface area contributed by atoms with Crippen molar-refractivity contribution in [3.63, 3.8) is 0 Å². The molecule has 0 saturated heterocycles. The predicted octanol–water partition coefficient (Wildman–Crippen LogP) is 25.6. The van der Waals surface area contributed by atoms with E-state index in [-0.39, 0.29) is 32.5 Å². The number of nitrogens with zero attached hydrogens (tertiary/aromatic N) is 4. The Hall–Kier alpha value is -9.02. The maximum Gasteiger partial charge on any atom is 0.407 e. The van der Waals surface area contributed by atoms with Crippen LogP contribution in [0.4, 0.5) is 9.59 Å². The molecule has 16 nitrogen and oxygen atoms in total. The van der Waals surface area contributed by atoms with Crippen molar-refractivity contribution in [1.29, 1.82) is 0 Å². The summed E-state index contributed by atoms with van der Waals surface area (Å²) in [6.07, 6.45) is 21.5.